The largest absolute Gasteiger partial charge is 0.478 e. The second-order valence-corrected chi connectivity index (χ2v) is 9.62. The molecule has 2 atom stereocenters. The van der Waals surface area contributed by atoms with Crippen LogP contribution in [0.15, 0.2) is 77.1 Å². The molecule has 2 N–H and O–H groups in total. The van der Waals surface area contributed by atoms with Crippen LogP contribution in [0.2, 0.25) is 0 Å². The van der Waals surface area contributed by atoms with Crippen LogP contribution in [-0.2, 0) is 20.9 Å². The summed E-state index contributed by atoms with van der Waals surface area (Å²) in [7, 11) is 0. The Morgan fingerprint density at radius 3 is 2.50 bits per heavy atom. The third-order valence-electron chi connectivity index (χ3n) is 6.93. The van der Waals surface area contributed by atoms with E-state index in [1.807, 2.05) is 18.2 Å². The number of nitro benzene ring substituents is 1. The zero-order valence-corrected chi connectivity index (χ0v) is 22.2. The van der Waals surface area contributed by atoms with Gasteiger partial charge in [-0.15, -0.1) is 12.4 Å². The van der Waals surface area contributed by atoms with Crippen molar-refractivity contribution in [1.82, 2.24) is 10.2 Å². The van der Waals surface area contributed by atoms with Crippen molar-refractivity contribution >= 4 is 30.0 Å². The topological polar surface area (TPSA) is 122 Å². The van der Waals surface area contributed by atoms with Gasteiger partial charge in [0.25, 0.3) is 5.69 Å². The summed E-state index contributed by atoms with van der Waals surface area (Å²) in [5, 5.41) is 24.3. The monoisotopic (exact) mass is 541 g/mol. The predicted octanol–water partition coefficient (Wildman–Crippen LogP) is 4.79. The number of allylic oxidation sites excluding steroid dienone is 2. The first-order chi connectivity index (χ1) is 17.7. The number of halogens is 1. The molecule has 2 aliphatic heterocycles. The number of likely N-dealkylation sites (tertiary alicyclic amines) is 1. The minimum atomic E-state index is -1.21. The zero-order valence-electron chi connectivity index (χ0n) is 21.4. The second kappa shape index (κ2) is 12.7. The third-order valence-corrected chi connectivity index (χ3v) is 6.93. The van der Waals surface area contributed by atoms with Gasteiger partial charge < -0.3 is 15.2 Å². The Labute approximate surface area is 227 Å². The number of nitrogens with zero attached hydrogens (tertiary/aromatic N) is 2. The summed E-state index contributed by atoms with van der Waals surface area (Å²) in [4.78, 5) is 38.8. The summed E-state index contributed by atoms with van der Waals surface area (Å²) in [5.41, 5.74) is 2.37. The lowest BCUT2D eigenvalue weighted by Gasteiger charge is -2.33. The molecule has 4 rings (SSSR count). The van der Waals surface area contributed by atoms with Crippen molar-refractivity contribution in [3.8, 4) is 0 Å². The Kier molecular flexibility index (Phi) is 9.66. The van der Waals surface area contributed by atoms with Crippen LogP contribution in [0.1, 0.15) is 43.7 Å². The van der Waals surface area contributed by atoms with Crippen LogP contribution in [-0.4, -0.2) is 46.6 Å². The molecule has 2 aromatic rings. The first-order valence-corrected chi connectivity index (χ1v) is 12.3. The number of nitro groups is 1. The maximum atomic E-state index is 13.4. The minimum absolute atomic E-state index is 0. The standard InChI is InChI=1S/C28H31N3O6.ClH/c1-18-24(27(32)33)26(22-11-6-12-23(14-22)31(35)36)25(19(2)29-18)28(34)37-17-21-10-7-13-30(16-21)15-20-8-4-3-5-9-20;/h3-6,8-9,11-12,14,21,26,29H,7,10,13,15-17H2,1-2H3,(H,32,33);1H/t21-,26-;/m1./s1. The summed E-state index contributed by atoms with van der Waals surface area (Å²) in [6.07, 6.45) is 1.93. The van der Waals surface area contributed by atoms with Crippen LogP contribution in [0.25, 0.3) is 0 Å². The van der Waals surface area contributed by atoms with Crippen molar-refractivity contribution in [3.05, 3.63) is 98.4 Å². The Balaban J connectivity index is 0.00000400. The number of esters is 1. The Hall–Kier alpha value is -3.69. The molecule has 0 radical (unpaired) electrons. The highest BCUT2D eigenvalue weighted by Crippen LogP contribution is 2.39. The average Bonchev–Trinajstić information content (AvgIpc) is 2.87. The number of nitrogens with one attached hydrogen (secondary N) is 1. The number of hydrogen-bond donors (Lipinski definition) is 2. The number of carboxylic acids is 1. The molecule has 2 aromatic carbocycles. The van der Waals surface area contributed by atoms with Crippen molar-refractivity contribution in [3.63, 3.8) is 0 Å². The van der Waals surface area contributed by atoms with Gasteiger partial charge in [0.1, 0.15) is 0 Å². The smallest absolute Gasteiger partial charge is 0.336 e. The Morgan fingerprint density at radius 2 is 1.82 bits per heavy atom. The van der Waals surface area contributed by atoms with Gasteiger partial charge in [0, 0.05) is 42.5 Å². The third kappa shape index (κ3) is 6.59. The molecule has 1 fully saturated rings. The highest BCUT2D eigenvalue weighted by atomic mass is 35.5. The van der Waals surface area contributed by atoms with E-state index in [0.717, 1.165) is 32.5 Å². The number of hydrogen-bond acceptors (Lipinski definition) is 7. The van der Waals surface area contributed by atoms with Crippen LogP contribution in [0.4, 0.5) is 5.69 Å². The number of carbonyl (C=O) groups is 2. The van der Waals surface area contributed by atoms with Crippen molar-refractivity contribution < 1.29 is 24.4 Å². The molecule has 0 unspecified atom stereocenters. The van der Waals surface area contributed by atoms with Crippen molar-refractivity contribution in [1.29, 1.82) is 0 Å². The van der Waals surface area contributed by atoms with E-state index < -0.39 is 22.8 Å². The van der Waals surface area contributed by atoms with Gasteiger partial charge in [-0.3, -0.25) is 15.0 Å². The van der Waals surface area contributed by atoms with Gasteiger partial charge in [0.15, 0.2) is 0 Å². The first-order valence-electron chi connectivity index (χ1n) is 12.3. The molecule has 2 aliphatic rings. The van der Waals surface area contributed by atoms with Gasteiger partial charge in [-0.05, 0) is 44.4 Å². The van der Waals surface area contributed by atoms with E-state index in [0.29, 0.717) is 17.0 Å². The SMILES string of the molecule is CC1=C(C(=O)O)[C@@H](c2cccc([N+](=O)[O-])c2)C(C(=O)OC[C@@H]2CCCN(Cc3ccccc3)C2)=C(C)N1.Cl. The molecular formula is C28H32ClN3O6. The number of ether oxygens (including phenoxy) is 1. The summed E-state index contributed by atoms with van der Waals surface area (Å²) in [6, 6.07) is 16.0. The van der Waals surface area contributed by atoms with E-state index in [2.05, 4.69) is 22.3 Å². The fourth-order valence-electron chi connectivity index (χ4n) is 5.24. The lowest BCUT2D eigenvalue weighted by Crippen LogP contribution is -2.37. The van der Waals surface area contributed by atoms with Gasteiger partial charge >= 0.3 is 11.9 Å². The molecule has 0 saturated carbocycles. The molecule has 38 heavy (non-hydrogen) atoms. The normalized spacial score (nSPS) is 19.8. The number of rotatable bonds is 8. The van der Waals surface area contributed by atoms with E-state index in [1.54, 1.807) is 19.9 Å². The van der Waals surface area contributed by atoms with E-state index >= 15 is 0 Å². The van der Waals surface area contributed by atoms with Crippen LogP contribution in [0, 0.1) is 16.0 Å². The van der Waals surface area contributed by atoms with Crippen LogP contribution >= 0.6 is 12.4 Å². The number of carboxylic acid groups (broad SMARTS) is 1. The first kappa shape index (κ1) is 28.9. The fraction of sp³-hybridized carbons (Fsp3) is 0.357. The molecule has 10 heteroatoms. The predicted molar refractivity (Wildman–Crippen MR) is 145 cm³/mol. The molecule has 2 heterocycles. The summed E-state index contributed by atoms with van der Waals surface area (Å²) >= 11 is 0. The lowest BCUT2D eigenvalue weighted by molar-refractivity contribution is -0.384. The van der Waals surface area contributed by atoms with Crippen LogP contribution in [0.5, 0.6) is 0 Å². The molecule has 0 aliphatic carbocycles. The number of carbonyl (C=O) groups excluding carboxylic acids is 1. The van der Waals surface area contributed by atoms with Crippen molar-refractivity contribution in [2.75, 3.05) is 19.7 Å². The maximum absolute atomic E-state index is 13.4. The fourth-order valence-corrected chi connectivity index (χ4v) is 5.24. The molecule has 0 spiro atoms. The van der Waals surface area contributed by atoms with Gasteiger partial charge in [0.05, 0.1) is 28.6 Å². The number of non-ortho nitro benzene ring substituents is 1. The van der Waals surface area contributed by atoms with E-state index in [1.165, 1.54) is 23.8 Å². The Morgan fingerprint density at radius 1 is 1.11 bits per heavy atom. The molecule has 1 saturated heterocycles. The van der Waals surface area contributed by atoms with Crippen molar-refractivity contribution in [2.45, 2.75) is 39.2 Å². The number of piperidine rings is 1. The summed E-state index contributed by atoms with van der Waals surface area (Å²) in [5.74, 6) is -2.66. The molecule has 0 aromatic heterocycles. The van der Waals surface area contributed by atoms with E-state index in [9.17, 15) is 24.8 Å². The van der Waals surface area contributed by atoms with Gasteiger partial charge in [-0.2, -0.15) is 0 Å². The molecular weight excluding hydrogens is 510 g/mol. The highest BCUT2D eigenvalue weighted by molar-refractivity contribution is 5.99. The molecule has 202 valence electrons. The van der Waals surface area contributed by atoms with Gasteiger partial charge in [-0.25, -0.2) is 9.59 Å². The number of dihydropyridines is 1. The van der Waals surface area contributed by atoms with Crippen LogP contribution in [0.3, 0.4) is 0 Å². The van der Waals surface area contributed by atoms with Crippen molar-refractivity contribution in [2.24, 2.45) is 5.92 Å². The Bertz CT molecular complexity index is 1260. The molecule has 9 nitrogen and oxygen atoms in total. The van der Waals surface area contributed by atoms with E-state index in [4.69, 9.17) is 4.74 Å². The van der Waals surface area contributed by atoms with Gasteiger partial charge in [-0.1, -0.05) is 42.5 Å². The van der Waals surface area contributed by atoms with Gasteiger partial charge in [0.2, 0.25) is 0 Å². The molecule has 0 amide bonds. The summed E-state index contributed by atoms with van der Waals surface area (Å²) in [6.45, 7) is 6.13. The molecule has 0 bridgehead atoms. The lowest BCUT2D eigenvalue weighted by atomic mass is 9.80. The second-order valence-electron chi connectivity index (χ2n) is 9.62. The summed E-state index contributed by atoms with van der Waals surface area (Å²) < 4.78 is 5.77. The maximum Gasteiger partial charge on any atom is 0.336 e. The quantitative estimate of drug-likeness (QED) is 0.278. The zero-order chi connectivity index (χ0) is 26.5. The number of benzene rings is 2. The minimum Gasteiger partial charge on any atom is -0.478 e. The average molecular weight is 542 g/mol. The van der Waals surface area contributed by atoms with E-state index in [-0.39, 0.29) is 41.8 Å². The number of aliphatic carboxylic acids is 1. The van der Waals surface area contributed by atoms with Crippen LogP contribution < -0.4 is 5.32 Å². The highest BCUT2D eigenvalue weighted by Gasteiger charge is 2.38.